The molecule has 22 heavy (non-hydrogen) atoms. The zero-order valence-electron chi connectivity index (χ0n) is 13.0. The van der Waals surface area contributed by atoms with Crippen LogP contribution in [-0.2, 0) is 0 Å². The Morgan fingerprint density at radius 1 is 1.27 bits per heavy atom. The summed E-state index contributed by atoms with van der Waals surface area (Å²) in [5.41, 5.74) is 1.63. The SMILES string of the molecule is Cc1cc(Nc2cccc(F)c2)nc(C2CCCN(C)C2)n1. The second kappa shape index (κ2) is 6.40. The fourth-order valence-corrected chi connectivity index (χ4v) is 2.93. The van der Waals surface area contributed by atoms with Crippen LogP contribution in [0.15, 0.2) is 30.3 Å². The fourth-order valence-electron chi connectivity index (χ4n) is 2.93. The van der Waals surface area contributed by atoms with Gasteiger partial charge in [0.05, 0.1) is 0 Å². The molecule has 1 N–H and O–H groups in total. The van der Waals surface area contributed by atoms with Crippen LogP contribution < -0.4 is 5.32 Å². The zero-order valence-corrected chi connectivity index (χ0v) is 13.0. The lowest BCUT2D eigenvalue weighted by atomic mass is 9.97. The van der Waals surface area contributed by atoms with Gasteiger partial charge in [-0.05, 0) is 51.6 Å². The molecule has 1 unspecified atom stereocenters. The second-order valence-electron chi connectivity index (χ2n) is 5.99. The minimum Gasteiger partial charge on any atom is -0.340 e. The Hall–Kier alpha value is -2.01. The summed E-state index contributed by atoms with van der Waals surface area (Å²) in [7, 11) is 2.13. The lowest BCUT2D eigenvalue weighted by molar-refractivity contribution is 0.246. The van der Waals surface area contributed by atoms with Crippen molar-refractivity contribution >= 4 is 11.5 Å². The third-order valence-corrected chi connectivity index (χ3v) is 3.96. The number of nitrogens with zero attached hydrogens (tertiary/aromatic N) is 3. The minimum atomic E-state index is -0.259. The Morgan fingerprint density at radius 3 is 2.91 bits per heavy atom. The molecule has 0 bridgehead atoms. The average molecular weight is 300 g/mol. The number of aryl methyl sites for hydroxylation is 1. The van der Waals surface area contributed by atoms with E-state index in [0.29, 0.717) is 11.6 Å². The van der Waals surface area contributed by atoms with E-state index in [1.54, 1.807) is 6.07 Å². The summed E-state index contributed by atoms with van der Waals surface area (Å²) in [5.74, 6) is 1.71. The lowest BCUT2D eigenvalue weighted by Crippen LogP contribution is -2.31. The molecule has 1 aliphatic rings. The van der Waals surface area contributed by atoms with Crippen molar-refractivity contribution in [3.05, 3.63) is 47.7 Å². The molecule has 0 amide bonds. The van der Waals surface area contributed by atoms with E-state index in [4.69, 9.17) is 0 Å². The molecule has 2 heterocycles. The van der Waals surface area contributed by atoms with Crippen molar-refractivity contribution in [2.45, 2.75) is 25.7 Å². The molecule has 116 valence electrons. The van der Waals surface area contributed by atoms with Crippen molar-refractivity contribution < 1.29 is 4.39 Å². The number of piperidine rings is 1. The summed E-state index contributed by atoms with van der Waals surface area (Å²) in [6, 6.07) is 8.30. The molecule has 1 atom stereocenters. The third kappa shape index (κ3) is 3.60. The van der Waals surface area contributed by atoms with Gasteiger partial charge in [0.25, 0.3) is 0 Å². The first-order chi connectivity index (χ1) is 10.6. The predicted octanol–water partition coefficient (Wildman–Crippen LogP) is 3.48. The number of likely N-dealkylation sites (N-methyl/N-ethyl adjacent to an activating group) is 1. The van der Waals surface area contributed by atoms with Crippen LogP contribution in [0.5, 0.6) is 0 Å². The van der Waals surface area contributed by atoms with Crippen LogP contribution in [0.1, 0.15) is 30.3 Å². The Balaban J connectivity index is 1.83. The quantitative estimate of drug-likeness (QED) is 0.942. The van der Waals surface area contributed by atoms with Gasteiger partial charge in [-0.25, -0.2) is 14.4 Å². The van der Waals surface area contributed by atoms with Gasteiger partial charge in [0.15, 0.2) is 0 Å². The van der Waals surface area contributed by atoms with E-state index in [1.807, 2.05) is 19.1 Å². The van der Waals surface area contributed by atoms with Gasteiger partial charge in [-0.15, -0.1) is 0 Å². The summed E-state index contributed by atoms with van der Waals surface area (Å²) in [5, 5.41) is 3.17. The van der Waals surface area contributed by atoms with Gasteiger partial charge in [-0.2, -0.15) is 0 Å². The summed E-state index contributed by atoms with van der Waals surface area (Å²) in [6.45, 7) is 4.09. The van der Waals surface area contributed by atoms with Gasteiger partial charge in [-0.3, -0.25) is 0 Å². The molecular weight excluding hydrogens is 279 g/mol. The Kier molecular flexibility index (Phi) is 4.34. The number of rotatable bonds is 3. The normalized spacial score (nSPS) is 19.1. The summed E-state index contributed by atoms with van der Waals surface area (Å²) >= 11 is 0. The van der Waals surface area contributed by atoms with Crippen LogP contribution in [0, 0.1) is 12.7 Å². The van der Waals surface area contributed by atoms with Crippen molar-refractivity contribution in [1.29, 1.82) is 0 Å². The van der Waals surface area contributed by atoms with Gasteiger partial charge in [0.1, 0.15) is 17.5 Å². The van der Waals surface area contributed by atoms with Crippen LogP contribution in [0.3, 0.4) is 0 Å². The highest BCUT2D eigenvalue weighted by molar-refractivity contribution is 5.56. The highest BCUT2D eigenvalue weighted by atomic mass is 19.1. The Labute approximate surface area is 130 Å². The number of aromatic nitrogens is 2. The first-order valence-corrected chi connectivity index (χ1v) is 7.67. The van der Waals surface area contributed by atoms with Gasteiger partial charge in [-0.1, -0.05) is 6.07 Å². The molecule has 1 saturated heterocycles. The first-order valence-electron chi connectivity index (χ1n) is 7.67. The number of hydrogen-bond donors (Lipinski definition) is 1. The van der Waals surface area contributed by atoms with Crippen molar-refractivity contribution in [3.63, 3.8) is 0 Å². The van der Waals surface area contributed by atoms with Crippen LogP contribution >= 0.6 is 0 Å². The van der Waals surface area contributed by atoms with E-state index in [9.17, 15) is 4.39 Å². The molecule has 2 aromatic rings. The van der Waals surface area contributed by atoms with Crippen molar-refractivity contribution in [2.75, 3.05) is 25.5 Å². The van der Waals surface area contributed by atoms with Crippen LogP contribution in [-0.4, -0.2) is 35.0 Å². The monoisotopic (exact) mass is 300 g/mol. The first kappa shape index (κ1) is 14.9. The topological polar surface area (TPSA) is 41.1 Å². The van der Waals surface area contributed by atoms with Gasteiger partial charge in [0.2, 0.25) is 0 Å². The maximum Gasteiger partial charge on any atom is 0.135 e. The summed E-state index contributed by atoms with van der Waals surface area (Å²) in [6.07, 6.45) is 2.29. The van der Waals surface area contributed by atoms with E-state index in [0.717, 1.165) is 36.8 Å². The van der Waals surface area contributed by atoms with Gasteiger partial charge < -0.3 is 10.2 Å². The molecule has 1 aromatic carbocycles. The Bertz CT molecular complexity index is 659. The molecule has 4 nitrogen and oxygen atoms in total. The lowest BCUT2D eigenvalue weighted by Gasteiger charge is -2.28. The number of nitrogens with one attached hydrogen (secondary N) is 1. The van der Waals surface area contributed by atoms with E-state index in [-0.39, 0.29) is 5.82 Å². The Morgan fingerprint density at radius 2 is 2.14 bits per heavy atom. The zero-order chi connectivity index (χ0) is 15.5. The van der Waals surface area contributed by atoms with E-state index < -0.39 is 0 Å². The van der Waals surface area contributed by atoms with Crippen LogP contribution in [0.25, 0.3) is 0 Å². The molecule has 3 rings (SSSR count). The molecule has 0 radical (unpaired) electrons. The number of hydrogen-bond acceptors (Lipinski definition) is 4. The van der Waals surface area contributed by atoms with E-state index in [2.05, 4.69) is 27.2 Å². The highest BCUT2D eigenvalue weighted by Gasteiger charge is 2.21. The third-order valence-electron chi connectivity index (χ3n) is 3.96. The van der Waals surface area contributed by atoms with Crippen molar-refractivity contribution in [1.82, 2.24) is 14.9 Å². The standard InChI is InChI=1S/C17H21FN4/c1-12-9-16(20-15-7-3-6-14(18)10-15)21-17(19-12)13-5-4-8-22(2)11-13/h3,6-7,9-10,13H,4-5,8,11H2,1-2H3,(H,19,20,21). The molecule has 1 fully saturated rings. The molecule has 0 aliphatic carbocycles. The van der Waals surface area contributed by atoms with E-state index in [1.165, 1.54) is 18.6 Å². The number of anilines is 2. The molecule has 0 spiro atoms. The molecular formula is C17H21FN4. The average Bonchev–Trinajstić information content (AvgIpc) is 2.46. The molecule has 5 heteroatoms. The number of likely N-dealkylation sites (tertiary alicyclic amines) is 1. The van der Waals surface area contributed by atoms with Crippen LogP contribution in [0.2, 0.25) is 0 Å². The number of benzene rings is 1. The maximum atomic E-state index is 13.3. The second-order valence-corrected chi connectivity index (χ2v) is 5.99. The van der Waals surface area contributed by atoms with Gasteiger partial charge in [0, 0.05) is 29.9 Å². The van der Waals surface area contributed by atoms with Gasteiger partial charge >= 0.3 is 0 Å². The van der Waals surface area contributed by atoms with Crippen molar-refractivity contribution in [2.24, 2.45) is 0 Å². The van der Waals surface area contributed by atoms with Crippen LogP contribution in [0.4, 0.5) is 15.9 Å². The number of halogens is 1. The molecule has 0 saturated carbocycles. The molecule has 1 aromatic heterocycles. The largest absolute Gasteiger partial charge is 0.340 e. The fraction of sp³-hybridized carbons (Fsp3) is 0.412. The van der Waals surface area contributed by atoms with E-state index >= 15 is 0 Å². The maximum absolute atomic E-state index is 13.3. The molecule has 1 aliphatic heterocycles. The predicted molar refractivity (Wildman–Crippen MR) is 85.9 cm³/mol. The smallest absolute Gasteiger partial charge is 0.135 e. The minimum absolute atomic E-state index is 0.259. The highest BCUT2D eigenvalue weighted by Crippen LogP contribution is 2.25. The van der Waals surface area contributed by atoms with Crippen molar-refractivity contribution in [3.8, 4) is 0 Å². The summed E-state index contributed by atoms with van der Waals surface area (Å²) < 4.78 is 13.3. The summed E-state index contributed by atoms with van der Waals surface area (Å²) in [4.78, 5) is 11.6.